The molecule has 350 valence electrons. The fourth-order valence-corrected chi connectivity index (χ4v) is 45.0. The van der Waals surface area contributed by atoms with Gasteiger partial charge in [-0.2, -0.15) is 0 Å². The van der Waals surface area contributed by atoms with Gasteiger partial charge in [0.1, 0.15) is 0 Å². The van der Waals surface area contributed by atoms with Crippen molar-refractivity contribution >= 4 is 65.4 Å². The molecule has 0 amide bonds. The van der Waals surface area contributed by atoms with Crippen molar-refractivity contribution < 1.29 is 17.4 Å². The zero-order valence-electron chi connectivity index (χ0n) is 40.6. The Bertz CT molecular complexity index is 2840. The standard InChI is InChI=1S/2C30H29.C3H7.CH3.2ClH.H2Si.Zr/c2*1-2-8-26-22(5-1)6-3-9-27(26)28-10-4-7-23-12-21(18-30(23)28)17-29-24-13-19-11-20(15-24)16-25(29)14-19;1-3-2;;;;;/h2*1-10,12,18-20,24-25,29H,11,13-17H2;1,3H2,2H3;1H3;2*1H;1H2;. The van der Waals surface area contributed by atoms with Crippen LogP contribution in [0.25, 0.3) is 56.0 Å². The monoisotopic (exact) mass is 1030 g/mol. The van der Waals surface area contributed by atoms with Crippen molar-refractivity contribution in [2.75, 3.05) is 0 Å². The predicted molar refractivity (Wildman–Crippen MR) is 295 cm³/mol. The summed E-state index contributed by atoms with van der Waals surface area (Å²) in [6.07, 6.45) is 24.9. The van der Waals surface area contributed by atoms with E-state index in [1.54, 1.807) is 22.3 Å². The van der Waals surface area contributed by atoms with Crippen LogP contribution in [0.5, 0.6) is 0 Å². The van der Waals surface area contributed by atoms with Crippen LogP contribution in [0.15, 0.2) is 132 Å². The average molecular weight is 1030 g/mol. The fourth-order valence-electron chi connectivity index (χ4n) is 19.2. The van der Waals surface area contributed by atoms with Crippen molar-refractivity contribution in [1.29, 1.82) is 0 Å². The molecule has 0 N–H and O–H groups in total. The minimum absolute atomic E-state index is 0. The summed E-state index contributed by atoms with van der Waals surface area (Å²) in [6.45, 7) is 5.27. The Hall–Kier alpha value is -3.00. The van der Waals surface area contributed by atoms with Crippen LogP contribution >= 0.6 is 24.8 Å². The summed E-state index contributed by atoms with van der Waals surface area (Å²) in [4.78, 5) is 0. The third-order valence-electron chi connectivity index (χ3n) is 20.9. The number of allylic oxidation sites excluding steroid dienone is 2. The number of fused-ring (bicyclic) bond motifs is 4. The van der Waals surface area contributed by atoms with E-state index in [2.05, 4.69) is 152 Å². The summed E-state index contributed by atoms with van der Waals surface area (Å²) in [7, 11) is 0. The summed E-state index contributed by atoms with van der Waals surface area (Å²) in [6, 6.07) is 47.8. The molecule has 0 aliphatic heterocycles. The number of benzene rings is 6. The van der Waals surface area contributed by atoms with Gasteiger partial charge in [0.2, 0.25) is 0 Å². The maximum Gasteiger partial charge on any atom is -0.147 e. The molecule has 6 aromatic rings. The zero-order valence-corrected chi connectivity index (χ0v) is 46.1. The molecule has 8 fully saturated rings. The van der Waals surface area contributed by atoms with Crippen molar-refractivity contribution in [2.45, 2.75) is 106 Å². The first-order valence-corrected chi connectivity index (χ1v) is 39.9. The molecule has 4 heteroatoms. The third-order valence-corrected chi connectivity index (χ3v) is 44.5. The molecule has 0 nitrogen and oxygen atoms in total. The average Bonchev–Trinajstić information content (AvgIpc) is 3.90. The van der Waals surface area contributed by atoms with E-state index in [4.69, 9.17) is 0 Å². The van der Waals surface area contributed by atoms with Gasteiger partial charge in [-0.3, -0.25) is 0 Å². The van der Waals surface area contributed by atoms with E-state index in [0.29, 0.717) is 7.25 Å². The second kappa shape index (κ2) is 17.3. The second-order valence-corrected chi connectivity index (χ2v) is 53.3. The molecule has 6 aromatic carbocycles. The number of hydrogen-bond acceptors (Lipinski definition) is 0. The minimum Gasteiger partial charge on any atom is -0.147 e. The molecule has 8 bridgehead atoms. The van der Waals surface area contributed by atoms with E-state index < -0.39 is 17.4 Å². The molecule has 10 aliphatic rings. The van der Waals surface area contributed by atoms with Crippen LogP contribution in [0.1, 0.15) is 120 Å². The summed E-state index contributed by atoms with van der Waals surface area (Å²) in [5.41, 5.74) is 16.1. The van der Waals surface area contributed by atoms with Gasteiger partial charge in [0.15, 0.2) is 0 Å². The van der Waals surface area contributed by atoms with Crippen LogP contribution in [0.3, 0.4) is 0 Å². The van der Waals surface area contributed by atoms with Gasteiger partial charge in [0.25, 0.3) is 0 Å². The molecule has 10 aliphatic carbocycles. The van der Waals surface area contributed by atoms with Crippen LogP contribution in [0, 0.1) is 59.2 Å². The van der Waals surface area contributed by atoms with Gasteiger partial charge in [-0.1, -0.05) is 0 Å². The predicted octanol–water partition coefficient (Wildman–Crippen LogP) is 17.8. The zero-order chi connectivity index (χ0) is 43.9. The van der Waals surface area contributed by atoms with Gasteiger partial charge < -0.3 is 0 Å². The number of hydrogen-bond donors (Lipinski definition) is 0. The van der Waals surface area contributed by atoms with Crippen LogP contribution in [-0.4, -0.2) is 6.88 Å². The maximum atomic E-state index is 3.06. The normalized spacial score (nSPS) is 31.6. The third kappa shape index (κ3) is 7.15. The van der Waals surface area contributed by atoms with Gasteiger partial charge in [0, 0.05) is 0 Å². The van der Waals surface area contributed by atoms with E-state index in [1.807, 2.05) is 11.1 Å². The van der Waals surface area contributed by atoms with Crippen molar-refractivity contribution in [3.05, 3.63) is 155 Å². The van der Waals surface area contributed by atoms with E-state index >= 15 is 0 Å². The van der Waals surface area contributed by atoms with Crippen LogP contribution in [0.4, 0.5) is 0 Å². The number of rotatable bonds is 10. The first-order chi connectivity index (χ1) is 32.3. The molecule has 0 spiro atoms. The maximum absolute atomic E-state index is 4.15. The van der Waals surface area contributed by atoms with E-state index in [0.717, 1.165) is 59.2 Å². The molecular weight excluding hydrogens is 959 g/mol. The molecule has 0 radical (unpaired) electrons. The largest absolute Gasteiger partial charge is 0.147 e. The molecule has 0 saturated heterocycles. The van der Waals surface area contributed by atoms with E-state index in [-0.39, 0.29) is 24.8 Å². The summed E-state index contributed by atoms with van der Waals surface area (Å²) in [5, 5.41) is 5.50. The van der Waals surface area contributed by atoms with Gasteiger partial charge >= 0.3 is 401 Å². The molecule has 0 aromatic heterocycles. The Balaban J connectivity index is 0.00000240. The van der Waals surface area contributed by atoms with Gasteiger partial charge in [0.05, 0.1) is 0 Å². The van der Waals surface area contributed by atoms with Crippen molar-refractivity contribution in [3.8, 4) is 22.3 Å². The van der Waals surface area contributed by atoms with Crippen LogP contribution < -0.4 is 0 Å². The van der Waals surface area contributed by atoms with Gasteiger partial charge in [-0.05, 0) is 0 Å². The number of halogens is 2. The fraction of sp³-hybridized carbons (Fsp3) is 0.438. The first kappa shape index (κ1) is 46.1. The smallest absolute Gasteiger partial charge is 0.147 e. The minimum atomic E-state index is -4.15. The first-order valence-electron chi connectivity index (χ1n) is 27.0. The molecule has 16 rings (SSSR count). The SMILES string of the molecule is CC[CH2][Zr]([CH3])(=[SiH2])([CH]1C(CC2C3CC4CC(C3)CC2C4)=Cc2c(-c3cccc4ccccc34)cccc21)[CH]1C(CC2C3CC4CC(C3)CC2C4)=Cc2c(-c3cccc4ccccc34)cccc21.Cl.Cl. The molecule has 2 atom stereocenters. The van der Waals surface area contributed by atoms with Crippen molar-refractivity contribution in [1.82, 2.24) is 0 Å². The topological polar surface area (TPSA) is 0 Å². The van der Waals surface area contributed by atoms with Crippen LogP contribution in [-0.2, 0) is 17.4 Å². The molecule has 8 saturated carbocycles. The Morgan fingerprint density at radius 3 is 1.19 bits per heavy atom. The summed E-state index contributed by atoms with van der Waals surface area (Å²) >= 11 is -4.15. The van der Waals surface area contributed by atoms with Gasteiger partial charge in [-0.25, -0.2) is 0 Å². The van der Waals surface area contributed by atoms with E-state index in [9.17, 15) is 0 Å². The quantitative estimate of drug-likeness (QED) is 0.120. The molecule has 0 heterocycles. The Labute approximate surface area is 421 Å². The molecular formula is C64H72Cl2SiZr. The molecule has 2 unspecified atom stereocenters. The second-order valence-electron chi connectivity index (χ2n) is 24.8. The Morgan fingerprint density at radius 1 is 0.441 bits per heavy atom. The molecule has 68 heavy (non-hydrogen) atoms. The Morgan fingerprint density at radius 2 is 0.794 bits per heavy atom. The Kier molecular flexibility index (Phi) is 11.8. The van der Waals surface area contributed by atoms with Crippen molar-refractivity contribution in [2.24, 2.45) is 59.2 Å². The van der Waals surface area contributed by atoms with Gasteiger partial charge in [-0.15, -0.1) is 24.8 Å². The van der Waals surface area contributed by atoms with E-state index in [1.165, 1.54) is 131 Å². The van der Waals surface area contributed by atoms with Crippen molar-refractivity contribution in [3.63, 3.8) is 0 Å². The summed E-state index contributed by atoms with van der Waals surface area (Å²) in [5.74, 6) is 9.54. The summed E-state index contributed by atoms with van der Waals surface area (Å²) < 4.78 is 5.60. The van der Waals surface area contributed by atoms with Crippen LogP contribution in [0.2, 0.25) is 8.76 Å².